The van der Waals surface area contributed by atoms with Crippen molar-refractivity contribution in [3.63, 3.8) is 0 Å². The maximum atomic E-state index is 13.2. The van der Waals surface area contributed by atoms with Crippen molar-refractivity contribution in [1.29, 1.82) is 0 Å². The Kier molecular flexibility index (Phi) is 4.69. The maximum absolute atomic E-state index is 13.2. The molecule has 128 valence electrons. The molecule has 0 bridgehead atoms. The van der Waals surface area contributed by atoms with Gasteiger partial charge in [-0.3, -0.25) is 9.89 Å². The molecule has 3 rings (SSSR count). The third-order valence-electron chi connectivity index (χ3n) is 3.51. The van der Waals surface area contributed by atoms with Gasteiger partial charge in [-0.05, 0) is 42.0 Å². The molecule has 1 aromatic heterocycles. The van der Waals surface area contributed by atoms with Crippen molar-refractivity contribution in [3.05, 3.63) is 76.9 Å². The van der Waals surface area contributed by atoms with E-state index in [9.17, 15) is 13.6 Å². The molecule has 25 heavy (non-hydrogen) atoms. The molecule has 0 saturated carbocycles. The van der Waals surface area contributed by atoms with Crippen LogP contribution in [0.5, 0.6) is 0 Å². The van der Waals surface area contributed by atoms with Crippen molar-refractivity contribution in [1.82, 2.24) is 20.5 Å². The number of hydrogen-bond donors (Lipinski definition) is 3. The summed E-state index contributed by atoms with van der Waals surface area (Å²) in [6.45, 7) is 0.161. The van der Waals surface area contributed by atoms with Crippen LogP contribution in [0.25, 0.3) is 0 Å². The Morgan fingerprint density at radius 1 is 1.12 bits per heavy atom. The molecule has 0 aliphatic rings. The zero-order valence-electron chi connectivity index (χ0n) is 13.1. The zero-order valence-corrected chi connectivity index (χ0v) is 13.1. The van der Waals surface area contributed by atoms with Gasteiger partial charge in [0.05, 0.1) is 6.54 Å². The summed E-state index contributed by atoms with van der Waals surface area (Å²) in [5.74, 6) is -1.20. The van der Waals surface area contributed by atoms with E-state index in [2.05, 4.69) is 20.5 Å². The number of aromatic amines is 1. The monoisotopic (exact) mass is 343 g/mol. The molecule has 2 aromatic carbocycles. The average molecular weight is 343 g/mol. The van der Waals surface area contributed by atoms with Gasteiger partial charge in [0.1, 0.15) is 5.82 Å². The second-order valence-corrected chi connectivity index (χ2v) is 5.43. The average Bonchev–Trinajstić information content (AvgIpc) is 3.04. The van der Waals surface area contributed by atoms with Gasteiger partial charge in [0, 0.05) is 17.7 Å². The van der Waals surface area contributed by atoms with E-state index in [0.717, 1.165) is 12.1 Å². The van der Waals surface area contributed by atoms with Crippen molar-refractivity contribution >= 4 is 11.6 Å². The van der Waals surface area contributed by atoms with Gasteiger partial charge in [-0.25, -0.2) is 13.8 Å². The van der Waals surface area contributed by atoms with Crippen molar-refractivity contribution in [2.45, 2.75) is 13.0 Å². The van der Waals surface area contributed by atoms with Crippen LogP contribution in [0, 0.1) is 11.6 Å². The molecule has 0 saturated heterocycles. The summed E-state index contributed by atoms with van der Waals surface area (Å²) < 4.78 is 26.1. The van der Waals surface area contributed by atoms with Crippen LogP contribution in [-0.4, -0.2) is 21.1 Å². The fourth-order valence-corrected chi connectivity index (χ4v) is 2.23. The smallest absolute Gasteiger partial charge is 0.251 e. The molecule has 3 aromatic rings. The summed E-state index contributed by atoms with van der Waals surface area (Å²) in [6.07, 6.45) is 0.250. The molecule has 1 heterocycles. The van der Waals surface area contributed by atoms with Gasteiger partial charge in [-0.15, -0.1) is 0 Å². The molecule has 0 aliphatic heterocycles. The molecular formula is C17H15F2N5O. The number of H-pyrrole nitrogens is 1. The molecule has 0 aliphatic carbocycles. The molecule has 0 spiro atoms. The first-order valence-corrected chi connectivity index (χ1v) is 7.49. The third-order valence-corrected chi connectivity index (χ3v) is 3.51. The number of aromatic nitrogens is 3. The van der Waals surface area contributed by atoms with Gasteiger partial charge in [-0.2, -0.15) is 5.10 Å². The number of carbonyl (C=O) groups excluding carboxylic acids is 1. The van der Waals surface area contributed by atoms with Crippen LogP contribution in [0.3, 0.4) is 0 Å². The Balaban J connectivity index is 1.58. The Bertz CT molecular complexity index is 892. The highest BCUT2D eigenvalue weighted by molar-refractivity contribution is 5.94. The largest absolute Gasteiger partial charge is 0.399 e. The third kappa shape index (κ3) is 4.17. The predicted molar refractivity (Wildman–Crippen MR) is 87.6 cm³/mol. The number of amides is 1. The first kappa shape index (κ1) is 16.6. The molecule has 4 N–H and O–H groups in total. The Morgan fingerprint density at radius 3 is 2.60 bits per heavy atom. The van der Waals surface area contributed by atoms with E-state index in [1.807, 2.05) is 0 Å². The van der Waals surface area contributed by atoms with E-state index in [4.69, 9.17) is 5.73 Å². The van der Waals surface area contributed by atoms with E-state index in [1.54, 1.807) is 24.3 Å². The van der Waals surface area contributed by atoms with Crippen LogP contribution in [0.4, 0.5) is 14.5 Å². The van der Waals surface area contributed by atoms with E-state index < -0.39 is 11.6 Å². The lowest BCUT2D eigenvalue weighted by molar-refractivity contribution is 0.0950. The summed E-state index contributed by atoms with van der Waals surface area (Å²) in [7, 11) is 0. The van der Waals surface area contributed by atoms with Gasteiger partial charge in [0.15, 0.2) is 17.5 Å². The van der Waals surface area contributed by atoms with Crippen LogP contribution in [0.1, 0.15) is 27.6 Å². The minimum absolute atomic E-state index is 0.161. The molecule has 0 atom stereocenters. The lowest BCUT2D eigenvalue weighted by atomic mass is 10.1. The number of nitrogens with one attached hydrogen (secondary N) is 2. The normalized spacial score (nSPS) is 10.6. The number of rotatable bonds is 5. The van der Waals surface area contributed by atoms with Crippen LogP contribution in [-0.2, 0) is 13.0 Å². The molecule has 6 nitrogen and oxygen atoms in total. The first-order valence-electron chi connectivity index (χ1n) is 7.49. The van der Waals surface area contributed by atoms with Gasteiger partial charge >= 0.3 is 0 Å². The van der Waals surface area contributed by atoms with Gasteiger partial charge < -0.3 is 11.1 Å². The van der Waals surface area contributed by atoms with E-state index >= 15 is 0 Å². The number of anilines is 1. The Morgan fingerprint density at radius 2 is 1.88 bits per heavy atom. The second-order valence-electron chi connectivity index (χ2n) is 5.43. The Hall–Kier alpha value is -3.29. The number of hydrogen-bond acceptors (Lipinski definition) is 4. The summed E-state index contributed by atoms with van der Waals surface area (Å²) >= 11 is 0. The molecule has 8 heteroatoms. The van der Waals surface area contributed by atoms with E-state index in [0.29, 0.717) is 28.5 Å². The second kappa shape index (κ2) is 7.08. The number of halogens is 2. The minimum atomic E-state index is -0.913. The predicted octanol–water partition coefficient (Wildman–Crippen LogP) is 2.19. The van der Waals surface area contributed by atoms with Crippen molar-refractivity contribution in [2.75, 3.05) is 5.73 Å². The number of benzene rings is 2. The van der Waals surface area contributed by atoms with Crippen LogP contribution in [0.2, 0.25) is 0 Å². The fraction of sp³-hybridized carbons (Fsp3) is 0.118. The Labute approximate surface area is 142 Å². The SMILES string of the molecule is Nc1ccc(C(=O)NCc2nc(Cc3ccc(F)c(F)c3)n[nH]2)cc1. The van der Waals surface area contributed by atoms with Crippen LogP contribution >= 0.6 is 0 Å². The number of carbonyl (C=O) groups is 1. The van der Waals surface area contributed by atoms with Gasteiger partial charge in [0.25, 0.3) is 5.91 Å². The first-order chi connectivity index (χ1) is 12.0. The van der Waals surface area contributed by atoms with Crippen molar-refractivity contribution in [3.8, 4) is 0 Å². The van der Waals surface area contributed by atoms with Gasteiger partial charge in [0.2, 0.25) is 0 Å². The van der Waals surface area contributed by atoms with Gasteiger partial charge in [-0.1, -0.05) is 6.07 Å². The zero-order chi connectivity index (χ0) is 17.8. The van der Waals surface area contributed by atoms with Crippen LogP contribution < -0.4 is 11.1 Å². The number of nitrogen functional groups attached to an aromatic ring is 1. The molecule has 0 radical (unpaired) electrons. The number of nitrogens with two attached hydrogens (primary N) is 1. The maximum Gasteiger partial charge on any atom is 0.251 e. The lowest BCUT2D eigenvalue weighted by Crippen LogP contribution is -2.23. The van der Waals surface area contributed by atoms with Crippen molar-refractivity contribution < 1.29 is 13.6 Å². The molecule has 1 amide bonds. The summed E-state index contributed by atoms with van der Waals surface area (Å²) in [6, 6.07) is 10.2. The summed E-state index contributed by atoms with van der Waals surface area (Å²) in [5.41, 5.74) is 7.19. The highest BCUT2D eigenvalue weighted by Crippen LogP contribution is 2.11. The topological polar surface area (TPSA) is 96.7 Å². The fourth-order valence-electron chi connectivity index (χ4n) is 2.23. The summed E-state index contributed by atoms with van der Waals surface area (Å²) in [5, 5.41) is 9.42. The van der Waals surface area contributed by atoms with E-state index in [1.165, 1.54) is 6.07 Å². The summed E-state index contributed by atoms with van der Waals surface area (Å²) in [4.78, 5) is 16.2. The van der Waals surface area contributed by atoms with Crippen LogP contribution in [0.15, 0.2) is 42.5 Å². The molecular weight excluding hydrogens is 328 g/mol. The van der Waals surface area contributed by atoms with E-state index in [-0.39, 0.29) is 18.9 Å². The minimum Gasteiger partial charge on any atom is -0.399 e. The number of nitrogens with zero attached hydrogens (tertiary/aromatic N) is 2. The van der Waals surface area contributed by atoms with Crippen molar-refractivity contribution in [2.24, 2.45) is 0 Å². The molecule has 0 fully saturated rings. The highest BCUT2D eigenvalue weighted by atomic mass is 19.2. The standard InChI is InChI=1S/C17H15F2N5O/c18-13-6-1-10(7-14(13)19)8-15-22-16(24-23-15)9-21-17(25)11-2-4-12(20)5-3-11/h1-7H,8-9,20H2,(H,21,25)(H,22,23,24). The molecule has 0 unspecified atom stereocenters. The quantitative estimate of drug-likeness (QED) is 0.619. The lowest BCUT2D eigenvalue weighted by Gasteiger charge is -2.03. The highest BCUT2D eigenvalue weighted by Gasteiger charge is 2.09.